The molecule has 6 nitrogen and oxygen atoms in total. The van der Waals surface area contributed by atoms with E-state index in [1.165, 1.54) is 23.0 Å². The summed E-state index contributed by atoms with van der Waals surface area (Å²) in [5.74, 6) is 0.251. The predicted molar refractivity (Wildman–Crippen MR) is 133 cm³/mol. The van der Waals surface area contributed by atoms with Gasteiger partial charge in [0.1, 0.15) is 0 Å². The van der Waals surface area contributed by atoms with Crippen LogP contribution in [0.25, 0.3) is 11.6 Å². The first-order valence-electron chi connectivity index (χ1n) is 11.2. The molecule has 1 fully saturated rings. The Bertz CT molecular complexity index is 1280. The predicted octanol–water partition coefficient (Wildman–Crippen LogP) is 4.52. The number of aromatic amines is 1. The van der Waals surface area contributed by atoms with Crippen molar-refractivity contribution in [2.24, 2.45) is 5.92 Å². The number of allylic oxidation sites excluding steroid dienone is 4. The lowest BCUT2D eigenvalue weighted by Crippen LogP contribution is -2.38. The second-order valence-corrected chi connectivity index (χ2v) is 11.2. The largest absolute Gasteiger partial charge is 0.361 e. The van der Waals surface area contributed by atoms with Crippen LogP contribution < -0.4 is 5.32 Å². The maximum atomic E-state index is 12.1. The summed E-state index contributed by atoms with van der Waals surface area (Å²) >= 11 is 6.42. The molecule has 1 saturated heterocycles. The third kappa shape index (κ3) is 4.58. The molecule has 1 aromatic carbocycles. The van der Waals surface area contributed by atoms with E-state index >= 15 is 0 Å². The van der Waals surface area contributed by atoms with Gasteiger partial charge in [0.2, 0.25) is 10.0 Å². The summed E-state index contributed by atoms with van der Waals surface area (Å²) in [4.78, 5) is 7.34. The number of aromatic nitrogens is 2. The molecule has 0 amide bonds. The average molecular weight is 483 g/mol. The Balaban J connectivity index is 1.56. The fraction of sp³-hybridized carbons (Fsp3) is 0.320. The maximum Gasteiger partial charge on any atom is 0.211 e. The lowest BCUT2D eigenvalue weighted by atomic mass is 9.82. The summed E-state index contributed by atoms with van der Waals surface area (Å²) in [6.07, 6.45) is 16.6. The van der Waals surface area contributed by atoms with Crippen molar-refractivity contribution >= 4 is 33.3 Å². The molecule has 3 aliphatic rings. The molecule has 172 valence electrons. The van der Waals surface area contributed by atoms with Gasteiger partial charge in [-0.25, -0.2) is 17.7 Å². The van der Waals surface area contributed by atoms with Gasteiger partial charge in [-0.2, -0.15) is 0 Å². The number of benzene rings is 1. The van der Waals surface area contributed by atoms with Crippen LogP contribution in [-0.2, 0) is 16.4 Å². The topological polar surface area (TPSA) is 78.1 Å². The summed E-state index contributed by atoms with van der Waals surface area (Å²) in [6.45, 7) is 1.08. The van der Waals surface area contributed by atoms with Gasteiger partial charge in [-0.15, -0.1) is 0 Å². The standard InChI is InChI=1S/C25H27ClN4O2S/c1-33(31,32)30-11-8-17(9-12-30)24-22-7-5-20(26)14-19(22)13-18(4-6-21-15-27-16-29-21)23-3-2-10-28-25(23)24/h2-3,5,7,10,13-17,28H,4,6,8-9,11-12H2,1H3,(H,27,29). The van der Waals surface area contributed by atoms with Crippen molar-refractivity contribution in [2.75, 3.05) is 19.3 Å². The number of hydrogen-bond acceptors (Lipinski definition) is 4. The zero-order valence-electron chi connectivity index (χ0n) is 18.5. The molecule has 0 atom stereocenters. The van der Waals surface area contributed by atoms with Gasteiger partial charge in [-0.1, -0.05) is 29.8 Å². The minimum atomic E-state index is -3.17. The van der Waals surface area contributed by atoms with E-state index < -0.39 is 10.0 Å². The molecule has 5 rings (SSSR count). The fourth-order valence-electron chi connectivity index (χ4n) is 5.02. The van der Waals surface area contributed by atoms with E-state index in [-0.39, 0.29) is 5.92 Å². The van der Waals surface area contributed by atoms with E-state index in [1.807, 2.05) is 30.6 Å². The summed E-state index contributed by atoms with van der Waals surface area (Å²) in [7, 11) is -3.17. The zero-order chi connectivity index (χ0) is 23.0. The van der Waals surface area contributed by atoms with Gasteiger partial charge in [0.25, 0.3) is 0 Å². The number of piperidine rings is 1. The molecule has 2 aliphatic heterocycles. The van der Waals surface area contributed by atoms with Gasteiger partial charge in [0, 0.05) is 47.5 Å². The summed E-state index contributed by atoms with van der Waals surface area (Å²) in [5.41, 5.74) is 8.16. The third-order valence-corrected chi connectivity index (χ3v) is 8.19. The van der Waals surface area contributed by atoms with Gasteiger partial charge in [0.15, 0.2) is 0 Å². The molecule has 1 aromatic heterocycles. The number of H-pyrrole nitrogens is 1. The molecule has 3 heterocycles. The van der Waals surface area contributed by atoms with Crippen LogP contribution in [0.1, 0.15) is 36.1 Å². The van der Waals surface area contributed by atoms with Crippen molar-refractivity contribution in [3.05, 3.63) is 87.8 Å². The third-order valence-electron chi connectivity index (χ3n) is 6.65. The Morgan fingerprint density at radius 1 is 1.21 bits per heavy atom. The highest BCUT2D eigenvalue weighted by Crippen LogP contribution is 2.43. The van der Waals surface area contributed by atoms with Crippen molar-refractivity contribution in [1.29, 1.82) is 0 Å². The van der Waals surface area contributed by atoms with Crippen molar-refractivity contribution in [2.45, 2.75) is 25.7 Å². The normalized spacial score (nSPS) is 19.3. The highest BCUT2D eigenvalue weighted by atomic mass is 35.5. The quantitative estimate of drug-likeness (QED) is 0.656. The van der Waals surface area contributed by atoms with Crippen molar-refractivity contribution < 1.29 is 8.42 Å². The molecule has 33 heavy (non-hydrogen) atoms. The Labute approximate surface area is 199 Å². The number of halogens is 1. The number of imidazole rings is 1. The Morgan fingerprint density at radius 3 is 2.76 bits per heavy atom. The number of hydrogen-bond donors (Lipinski definition) is 2. The van der Waals surface area contributed by atoms with Crippen molar-refractivity contribution in [1.82, 2.24) is 19.6 Å². The number of aryl methyl sites for hydroxylation is 1. The number of fused-ring (bicyclic) bond motifs is 2. The van der Waals surface area contributed by atoms with E-state index in [9.17, 15) is 8.42 Å². The molecule has 0 unspecified atom stereocenters. The smallest absolute Gasteiger partial charge is 0.211 e. The van der Waals surface area contributed by atoms with Crippen LogP contribution in [0, 0.1) is 5.92 Å². The van der Waals surface area contributed by atoms with Gasteiger partial charge < -0.3 is 10.3 Å². The molecule has 8 heteroatoms. The Morgan fingerprint density at radius 2 is 2.03 bits per heavy atom. The first kappa shape index (κ1) is 22.2. The number of dihydropyridines is 1. The second-order valence-electron chi connectivity index (χ2n) is 8.79. The Kier molecular flexibility index (Phi) is 6.03. The summed E-state index contributed by atoms with van der Waals surface area (Å²) < 4.78 is 25.7. The van der Waals surface area contributed by atoms with Crippen LogP contribution in [0.5, 0.6) is 0 Å². The van der Waals surface area contributed by atoms with Gasteiger partial charge in [-0.3, -0.25) is 0 Å². The van der Waals surface area contributed by atoms with E-state index in [4.69, 9.17) is 11.6 Å². The number of nitrogens with one attached hydrogen (secondary N) is 2. The summed E-state index contributed by atoms with van der Waals surface area (Å²) in [6, 6.07) is 6.08. The molecular weight excluding hydrogens is 456 g/mol. The van der Waals surface area contributed by atoms with Crippen LogP contribution in [0.15, 0.2) is 65.9 Å². The minimum absolute atomic E-state index is 0.251. The molecule has 0 bridgehead atoms. The van der Waals surface area contributed by atoms with Gasteiger partial charge >= 0.3 is 0 Å². The summed E-state index contributed by atoms with van der Waals surface area (Å²) in [5, 5.41) is 4.24. The van der Waals surface area contributed by atoms with Crippen LogP contribution in [0.4, 0.5) is 0 Å². The average Bonchev–Trinajstić information content (AvgIpc) is 3.27. The number of sulfonamides is 1. The molecule has 0 spiro atoms. The molecule has 2 N–H and O–H groups in total. The van der Waals surface area contributed by atoms with E-state index in [0.29, 0.717) is 18.1 Å². The van der Waals surface area contributed by atoms with Gasteiger partial charge in [-0.05, 0) is 72.1 Å². The van der Waals surface area contributed by atoms with Crippen LogP contribution in [-0.4, -0.2) is 42.0 Å². The van der Waals surface area contributed by atoms with Crippen LogP contribution in [0.2, 0.25) is 5.02 Å². The van der Waals surface area contributed by atoms with Crippen molar-refractivity contribution in [3.63, 3.8) is 0 Å². The van der Waals surface area contributed by atoms with Crippen LogP contribution >= 0.6 is 11.6 Å². The minimum Gasteiger partial charge on any atom is -0.361 e. The van der Waals surface area contributed by atoms with Crippen LogP contribution in [0.3, 0.4) is 0 Å². The van der Waals surface area contributed by atoms with Gasteiger partial charge in [0.05, 0.1) is 12.6 Å². The first-order chi connectivity index (χ1) is 15.9. The SMILES string of the molecule is CS(=O)(=O)N1CCC(C2=C3NC=CC=C3C(CCc3cnc[nH]3)=Cc3cc(Cl)ccc32)CC1. The monoisotopic (exact) mass is 482 g/mol. The molecule has 1 aliphatic carbocycles. The van der Waals surface area contributed by atoms with E-state index in [2.05, 4.69) is 33.5 Å². The zero-order valence-corrected chi connectivity index (χ0v) is 20.1. The highest BCUT2D eigenvalue weighted by molar-refractivity contribution is 7.88. The number of nitrogens with zero attached hydrogens (tertiary/aromatic N) is 2. The van der Waals surface area contributed by atoms with E-state index in [1.54, 1.807) is 10.6 Å². The van der Waals surface area contributed by atoms with Crippen molar-refractivity contribution in [3.8, 4) is 0 Å². The fourth-order valence-corrected chi connectivity index (χ4v) is 6.08. The lowest BCUT2D eigenvalue weighted by molar-refractivity contribution is 0.312. The molecule has 0 radical (unpaired) electrons. The first-order valence-corrected chi connectivity index (χ1v) is 13.4. The Hall–Kier alpha value is -2.61. The molecular formula is C25H27ClN4O2S. The lowest BCUT2D eigenvalue weighted by Gasteiger charge is -2.33. The maximum absolute atomic E-state index is 12.1. The molecule has 0 saturated carbocycles. The van der Waals surface area contributed by atoms with E-state index in [0.717, 1.165) is 48.2 Å². The number of rotatable bonds is 5. The highest BCUT2D eigenvalue weighted by Gasteiger charge is 2.32. The second kappa shape index (κ2) is 8.97. The molecule has 2 aromatic rings.